The van der Waals surface area contributed by atoms with Gasteiger partial charge in [-0.15, -0.1) is 0 Å². The molecule has 1 atom stereocenters. The summed E-state index contributed by atoms with van der Waals surface area (Å²) in [7, 11) is 0. The molecule has 0 aromatic heterocycles. The number of carboxylic acid groups (broad SMARTS) is 1. The number of urea groups is 1. The number of carboxylic acids is 1. The molecule has 1 heterocycles. The van der Waals surface area contributed by atoms with E-state index in [1.54, 1.807) is 4.90 Å². The molecule has 1 fully saturated rings. The zero-order chi connectivity index (χ0) is 14.1. The van der Waals surface area contributed by atoms with E-state index in [-0.39, 0.29) is 18.4 Å². The minimum atomic E-state index is -0.771. The Labute approximate surface area is 115 Å². The number of nitrogens with zero attached hydrogens (tertiary/aromatic N) is 1. The van der Waals surface area contributed by atoms with Crippen molar-refractivity contribution in [2.45, 2.75) is 51.9 Å². The lowest BCUT2D eigenvalue weighted by molar-refractivity contribution is -0.138. The van der Waals surface area contributed by atoms with Gasteiger partial charge >= 0.3 is 12.0 Å². The molecule has 1 aliphatic heterocycles. The van der Waals surface area contributed by atoms with Crippen molar-refractivity contribution in [1.29, 1.82) is 0 Å². The largest absolute Gasteiger partial charge is 0.481 e. The highest BCUT2D eigenvalue weighted by Gasteiger charge is 2.24. The first-order valence-electron chi connectivity index (χ1n) is 7.38. The van der Waals surface area contributed by atoms with E-state index in [4.69, 9.17) is 5.11 Å². The van der Waals surface area contributed by atoms with E-state index >= 15 is 0 Å². The van der Waals surface area contributed by atoms with Crippen LogP contribution in [0, 0.1) is 5.92 Å². The average molecular weight is 270 g/mol. The Bertz CT molecular complexity index is 294. The molecule has 110 valence electrons. The van der Waals surface area contributed by atoms with Crippen LogP contribution in [0.4, 0.5) is 4.79 Å². The molecule has 1 saturated heterocycles. The number of nitrogens with one attached hydrogen (secondary N) is 1. The lowest BCUT2D eigenvalue weighted by atomic mass is 9.95. The van der Waals surface area contributed by atoms with E-state index in [0.717, 1.165) is 38.8 Å². The van der Waals surface area contributed by atoms with Crippen LogP contribution in [0.1, 0.15) is 51.9 Å². The maximum atomic E-state index is 11.9. The van der Waals surface area contributed by atoms with Crippen LogP contribution in [-0.4, -0.2) is 41.6 Å². The molecule has 0 spiro atoms. The van der Waals surface area contributed by atoms with Crippen LogP contribution in [0.3, 0.4) is 0 Å². The van der Waals surface area contributed by atoms with E-state index in [0.29, 0.717) is 6.54 Å². The maximum absolute atomic E-state index is 11.9. The second kappa shape index (κ2) is 8.77. The van der Waals surface area contributed by atoms with E-state index in [2.05, 4.69) is 12.2 Å². The monoisotopic (exact) mass is 270 g/mol. The van der Waals surface area contributed by atoms with Crippen molar-refractivity contribution >= 4 is 12.0 Å². The predicted molar refractivity (Wildman–Crippen MR) is 74.1 cm³/mol. The highest BCUT2D eigenvalue weighted by atomic mass is 16.4. The van der Waals surface area contributed by atoms with Gasteiger partial charge in [0.05, 0.1) is 0 Å². The number of rotatable bonds is 7. The van der Waals surface area contributed by atoms with Crippen molar-refractivity contribution in [1.82, 2.24) is 10.2 Å². The fraction of sp³-hybridized carbons (Fsp3) is 0.857. The molecule has 1 aliphatic rings. The van der Waals surface area contributed by atoms with E-state index in [1.165, 1.54) is 12.8 Å². The van der Waals surface area contributed by atoms with Gasteiger partial charge in [0, 0.05) is 26.1 Å². The highest BCUT2D eigenvalue weighted by molar-refractivity contribution is 5.74. The second-order valence-corrected chi connectivity index (χ2v) is 5.34. The lowest BCUT2D eigenvalue weighted by Crippen LogP contribution is -2.46. The third-order valence-corrected chi connectivity index (χ3v) is 3.58. The van der Waals surface area contributed by atoms with Gasteiger partial charge < -0.3 is 15.3 Å². The Kier molecular flexibility index (Phi) is 7.30. The highest BCUT2D eigenvalue weighted by Crippen LogP contribution is 2.19. The van der Waals surface area contributed by atoms with Crippen LogP contribution in [-0.2, 0) is 4.79 Å². The number of likely N-dealkylation sites (tertiary alicyclic amines) is 1. The van der Waals surface area contributed by atoms with E-state index in [9.17, 15) is 9.59 Å². The summed E-state index contributed by atoms with van der Waals surface area (Å²) in [6, 6.07) is -0.0356. The SMILES string of the molecule is CCCCCCNC(=O)N1CCCC(CC(=O)O)C1. The Balaban J connectivity index is 2.22. The van der Waals surface area contributed by atoms with Gasteiger partial charge in [-0.2, -0.15) is 0 Å². The second-order valence-electron chi connectivity index (χ2n) is 5.34. The molecule has 2 N–H and O–H groups in total. The number of amides is 2. The first-order valence-corrected chi connectivity index (χ1v) is 7.38. The minimum Gasteiger partial charge on any atom is -0.481 e. The Morgan fingerprint density at radius 2 is 2.11 bits per heavy atom. The van der Waals surface area contributed by atoms with E-state index < -0.39 is 5.97 Å². The first kappa shape index (κ1) is 15.8. The molecule has 1 unspecified atom stereocenters. The molecule has 0 aromatic carbocycles. The van der Waals surface area contributed by atoms with Gasteiger partial charge in [-0.05, 0) is 25.2 Å². The van der Waals surface area contributed by atoms with Gasteiger partial charge in [-0.3, -0.25) is 4.79 Å². The summed E-state index contributed by atoms with van der Waals surface area (Å²) in [6.45, 7) is 4.21. The number of piperidine rings is 1. The number of carbonyl (C=O) groups is 2. The van der Waals surface area contributed by atoms with Crippen molar-refractivity contribution < 1.29 is 14.7 Å². The molecule has 5 nitrogen and oxygen atoms in total. The van der Waals surface area contributed by atoms with Crippen molar-refractivity contribution in [3.8, 4) is 0 Å². The Morgan fingerprint density at radius 3 is 2.79 bits per heavy atom. The van der Waals surface area contributed by atoms with Gasteiger partial charge in [-0.25, -0.2) is 4.79 Å². The van der Waals surface area contributed by atoms with Crippen LogP contribution in [0.2, 0.25) is 0 Å². The Hall–Kier alpha value is -1.26. The van der Waals surface area contributed by atoms with Crippen molar-refractivity contribution in [2.24, 2.45) is 5.92 Å². The van der Waals surface area contributed by atoms with Gasteiger partial charge in [0.15, 0.2) is 0 Å². The minimum absolute atomic E-state index is 0.0356. The standard InChI is InChI=1S/C14H26N2O3/c1-2-3-4-5-8-15-14(19)16-9-6-7-12(11-16)10-13(17)18/h12H,2-11H2,1H3,(H,15,19)(H,17,18). The summed E-state index contributed by atoms with van der Waals surface area (Å²) < 4.78 is 0. The summed E-state index contributed by atoms with van der Waals surface area (Å²) in [5.41, 5.74) is 0. The number of aliphatic carboxylic acids is 1. The zero-order valence-electron chi connectivity index (χ0n) is 11.9. The quantitative estimate of drug-likeness (QED) is 0.698. The van der Waals surface area contributed by atoms with Gasteiger partial charge in [-0.1, -0.05) is 26.2 Å². The van der Waals surface area contributed by atoms with Crippen LogP contribution >= 0.6 is 0 Å². The van der Waals surface area contributed by atoms with Crippen LogP contribution in [0.5, 0.6) is 0 Å². The summed E-state index contributed by atoms with van der Waals surface area (Å²) in [6.07, 6.45) is 6.55. The zero-order valence-corrected chi connectivity index (χ0v) is 11.9. The fourth-order valence-electron chi connectivity index (χ4n) is 2.52. The van der Waals surface area contributed by atoms with Crippen molar-refractivity contribution in [3.63, 3.8) is 0 Å². The van der Waals surface area contributed by atoms with Crippen molar-refractivity contribution in [3.05, 3.63) is 0 Å². The number of hydrogen-bond acceptors (Lipinski definition) is 2. The lowest BCUT2D eigenvalue weighted by Gasteiger charge is -2.32. The predicted octanol–water partition coefficient (Wildman–Crippen LogP) is 2.46. The summed E-state index contributed by atoms with van der Waals surface area (Å²) >= 11 is 0. The number of unbranched alkanes of at least 4 members (excludes halogenated alkanes) is 3. The Morgan fingerprint density at radius 1 is 1.32 bits per heavy atom. The van der Waals surface area contributed by atoms with Crippen LogP contribution < -0.4 is 5.32 Å². The molecule has 19 heavy (non-hydrogen) atoms. The normalized spacial score (nSPS) is 19.2. The fourth-order valence-corrected chi connectivity index (χ4v) is 2.52. The van der Waals surface area contributed by atoms with Gasteiger partial charge in [0.25, 0.3) is 0 Å². The summed E-state index contributed by atoms with van der Waals surface area (Å²) in [4.78, 5) is 24.4. The molecule has 0 bridgehead atoms. The summed E-state index contributed by atoms with van der Waals surface area (Å²) in [5.74, 6) is -0.663. The summed E-state index contributed by atoms with van der Waals surface area (Å²) in [5, 5.41) is 11.7. The topological polar surface area (TPSA) is 69.6 Å². The molecule has 0 aliphatic carbocycles. The third-order valence-electron chi connectivity index (χ3n) is 3.58. The molecular weight excluding hydrogens is 244 g/mol. The molecule has 0 aromatic rings. The maximum Gasteiger partial charge on any atom is 0.317 e. The van der Waals surface area contributed by atoms with Crippen LogP contribution in [0.25, 0.3) is 0 Å². The van der Waals surface area contributed by atoms with Crippen LogP contribution in [0.15, 0.2) is 0 Å². The number of carbonyl (C=O) groups excluding carboxylic acids is 1. The third kappa shape index (κ3) is 6.45. The smallest absolute Gasteiger partial charge is 0.317 e. The molecule has 2 amide bonds. The number of hydrogen-bond donors (Lipinski definition) is 2. The first-order chi connectivity index (χ1) is 9.13. The molecule has 0 radical (unpaired) electrons. The molecular formula is C14H26N2O3. The average Bonchev–Trinajstić information content (AvgIpc) is 2.38. The molecule has 0 saturated carbocycles. The molecule has 5 heteroatoms. The molecule has 1 rings (SSSR count). The van der Waals surface area contributed by atoms with E-state index in [1.807, 2.05) is 0 Å². The van der Waals surface area contributed by atoms with Crippen molar-refractivity contribution in [2.75, 3.05) is 19.6 Å². The van der Waals surface area contributed by atoms with Gasteiger partial charge in [0.2, 0.25) is 0 Å². The van der Waals surface area contributed by atoms with Gasteiger partial charge in [0.1, 0.15) is 0 Å².